The second-order valence-electron chi connectivity index (χ2n) is 4.98. The van der Waals surface area contributed by atoms with E-state index in [1.165, 1.54) is 12.3 Å². The Kier molecular flexibility index (Phi) is 5.94. The van der Waals surface area contributed by atoms with E-state index >= 15 is 0 Å². The van der Waals surface area contributed by atoms with Gasteiger partial charge in [-0.05, 0) is 26.8 Å². The number of hydrogen-bond donors (Lipinski definition) is 1. The lowest BCUT2D eigenvalue weighted by Gasteiger charge is -2.26. The van der Waals surface area contributed by atoms with Crippen molar-refractivity contribution in [3.05, 3.63) is 18.0 Å². The second kappa shape index (κ2) is 7.06. The van der Waals surface area contributed by atoms with Crippen molar-refractivity contribution < 1.29 is 17.9 Å². The van der Waals surface area contributed by atoms with Crippen molar-refractivity contribution in [1.82, 2.24) is 9.47 Å². The van der Waals surface area contributed by atoms with Gasteiger partial charge < -0.3 is 14.2 Å². The molecule has 7 nitrogen and oxygen atoms in total. The Bertz CT molecular complexity index is 593. The number of carbonyl (C=O) groups is 1. The molecular weight excluding hydrogens is 294 g/mol. The van der Waals surface area contributed by atoms with Gasteiger partial charge in [-0.1, -0.05) is 0 Å². The Morgan fingerprint density at radius 1 is 1.48 bits per heavy atom. The summed E-state index contributed by atoms with van der Waals surface area (Å²) >= 11 is 0. The normalized spacial score (nSPS) is 11.9. The van der Waals surface area contributed by atoms with Crippen LogP contribution in [0.1, 0.15) is 31.3 Å². The number of nitrogens with two attached hydrogens (primary N) is 1. The molecule has 0 saturated carbocycles. The Hall–Kier alpha value is -1.38. The molecule has 120 valence electrons. The van der Waals surface area contributed by atoms with E-state index in [-0.39, 0.29) is 16.8 Å². The molecule has 1 rings (SSSR count). The van der Waals surface area contributed by atoms with Crippen LogP contribution in [0.5, 0.6) is 0 Å². The molecule has 1 aromatic heterocycles. The van der Waals surface area contributed by atoms with Crippen molar-refractivity contribution in [3.8, 4) is 0 Å². The van der Waals surface area contributed by atoms with Gasteiger partial charge in [-0.2, -0.15) is 0 Å². The zero-order valence-corrected chi connectivity index (χ0v) is 13.7. The molecule has 0 unspecified atom stereocenters. The third-order valence-corrected chi connectivity index (χ3v) is 4.06. The summed E-state index contributed by atoms with van der Waals surface area (Å²) in [7, 11) is -2.26. The summed E-state index contributed by atoms with van der Waals surface area (Å²) < 4.78 is 29.5. The van der Waals surface area contributed by atoms with E-state index in [1.807, 2.05) is 20.8 Å². The number of ether oxygens (including phenoxy) is 1. The van der Waals surface area contributed by atoms with Gasteiger partial charge in [0.2, 0.25) is 10.0 Å². The van der Waals surface area contributed by atoms with Crippen molar-refractivity contribution in [2.24, 2.45) is 5.14 Å². The average Bonchev–Trinajstić information content (AvgIpc) is 2.82. The van der Waals surface area contributed by atoms with Gasteiger partial charge in [0, 0.05) is 32.4 Å². The van der Waals surface area contributed by atoms with E-state index in [9.17, 15) is 13.2 Å². The molecule has 1 amide bonds. The molecular formula is C13H23N3O4S. The Morgan fingerprint density at radius 3 is 2.52 bits per heavy atom. The maximum absolute atomic E-state index is 12.6. The number of methoxy groups -OCH3 is 1. The molecule has 0 spiro atoms. The highest BCUT2D eigenvalue weighted by Crippen LogP contribution is 2.16. The molecule has 1 heterocycles. The van der Waals surface area contributed by atoms with Gasteiger partial charge in [0.1, 0.15) is 10.6 Å². The number of carbonyl (C=O) groups excluding carboxylic acids is 1. The van der Waals surface area contributed by atoms with Crippen LogP contribution >= 0.6 is 0 Å². The van der Waals surface area contributed by atoms with Gasteiger partial charge in [0.05, 0.1) is 6.61 Å². The van der Waals surface area contributed by atoms with Gasteiger partial charge in [-0.3, -0.25) is 4.79 Å². The maximum atomic E-state index is 12.6. The van der Waals surface area contributed by atoms with Crippen LogP contribution in [0.4, 0.5) is 0 Å². The quantitative estimate of drug-likeness (QED) is 0.799. The van der Waals surface area contributed by atoms with Gasteiger partial charge in [-0.25, -0.2) is 13.6 Å². The Labute approximate surface area is 125 Å². The van der Waals surface area contributed by atoms with E-state index in [1.54, 1.807) is 16.6 Å². The fourth-order valence-electron chi connectivity index (χ4n) is 2.01. The SMILES string of the molecule is CCn1cc(S(N)(=O)=O)cc1C(=O)N(CCOC)C(C)C. The number of hydrogen-bond acceptors (Lipinski definition) is 4. The standard InChI is InChI=1S/C13H23N3O4S/c1-5-15-9-11(21(14,18)19)8-12(15)13(17)16(10(2)3)6-7-20-4/h8-10H,5-7H2,1-4H3,(H2,14,18,19). The minimum atomic E-state index is -3.83. The Morgan fingerprint density at radius 2 is 2.10 bits per heavy atom. The number of amides is 1. The highest BCUT2D eigenvalue weighted by Gasteiger charge is 2.24. The second-order valence-corrected chi connectivity index (χ2v) is 6.54. The molecule has 0 aliphatic rings. The summed E-state index contributed by atoms with van der Waals surface area (Å²) in [5.74, 6) is -0.237. The first-order chi connectivity index (χ1) is 9.72. The van der Waals surface area contributed by atoms with Crippen molar-refractivity contribution in [2.45, 2.75) is 38.3 Å². The van der Waals surface area contributed by atoms with Crippen molar-refractivity contribution in [1.29, 1.82) is 0 Å². The predicted octanol–water partition coefficient (Wildman–Crippen LogP) is 0.652. The molecule has 0 saturated heterocycles. The fourth-order valence-corrected chi connectivity index (χ4v) is 2.56. The third kappa shape index (κ3) is 4.29. The van der Waals surface area contributed by atoms with Crippen LogP contribution < -0.4 is 5.14 Å². The number of rotatable bonds is 7. The highest BCUT2D eigenvalue weighted by molar-refractivity contribution is 7.89. The van der Waals surface area contributed by atoms with Gasteiger partial charge in [0.25, 0.3) is 5.91 Å². The molecule has 0 atom stereocenters. The van der Waals surface area contributed by atoms with Crippen LogP contribution in [0.2, 0.25) is 0 Å². The Balaban J connectivity index is 3.18. The van der Waals surface area contributed by atoms with E-state index < -0.39 is 10.0 Å². The predicted molar refractivity (Wildman–Crippen MR) is 79.5 cm³/mol. The third-order valence-electron chi connectivity index (χ3n) is 3.18. The van der Waals surface area contributed by atoms with Crippen LogP contribution in [-0.4, -0.2) is 50.1 Å². The van der Waals surface area contributed by atoms with Gasteiger partial charge in [-0.15, -0.1) is 0 Å². The van der Waals surface area contributed by atoms with Crippen LogP contribution in [-0.2, 0) is 21.3 Å². The van der Waals surface area contributed by atoms with Crippen molar-refractivity contribution >= 4 is 15.9 Å². The minimum absolute atomic E-state index is 0.0224. The molecule has 1 aromatic rings. The lowest BCUT2D eigenvalue weighted by Crippen LogP contribution is -2.40. The largest absolute Gasteiger partial charge is 0.383 e. The number of sulfonamides is 1. The van der Waals surface area contributed by atoms with E-state index in [0.717, 1.165) is 0 Å². The molecule has 8 heteroatoms. The first-order valence-corrected chi connectivity index (χ1v) is 8.29. The van der Waals surface area contributed by atoms with Gasteiger partial charge in [0.15, 0.2) is 0 Å². The molecule has 0 aromatic carbocycles. The van der Waals surface area contributed by atoms with E-state index in [2.05, 4.69) is 0 Å². The summed E-state index contributed by atoms with van der Waals surface area (Å²) in [4.78, 5) is 14.2. The highest BCUT2D eigenvalue weighted by atomic mass is 32.2. The summed E-state index contributed by atoms with van der Waals surface area (Å²) in [6.45, 7) is 6.96. The lowest BCUT2D eigenvalue weighted by molar-refractivity contribution is 0.0624. The first-order valence-electron chi connectivity index (χ1n) is 6.75. The van der Waals surface area contributed by atoms with Crippen LogP contribution in [0.25, 0.3) is 0 Å². The molecule has 0 aliphatic heterocycles. The maximum Gasteiger partial charge on any atom is 0.270 e. The van der Waals surface area contributed by atoms with E-state index in [0.29, 0.717) is 25.4 Å². The average molecular weight is 317 g/mol. The topological polar surface area (TPSA) is 94.6 Å². The summed E-state index contributed by atoms with van der Waals surface area (Å²) in [6.07, 6.45) is 1.39. The number of aromatic nitrogens is 1. The molecule has 0 fully saturated rings. The summed E-state index contributed by atoms with van der Waals surface area (Å²) in [6, 6.07) is 1.30. The van der Waals surface area contributed by atoms with E-state index in [4.69, 9.17) is 9.88 Å². The first kappa shape index (κ1) is 17.7. The van der Waals surface area contributed by atoms with Crippen LogP contribution in [0.3, 0.4) is 0 Å². The molecule has 0 radical (unpaired) electrons. The van der Waals surface area contributed by atoms with Crippen LogP contribution in [0, 0.1) is 0 Å². The summed E-state index contributed by atoms with van der Waals surface area (Å²) in [5.41, 5.74) is 0.311. The minimum Gasteiger partial charge on any atom is -0.383 e. The number of aryl methyl sites for hydroxylation is 1. The number of primary sulfonamides is 1. The zero-order valence-electron chi connectivity index (χ0n) is 12.9. The fraction of sp³-hybridized carbons (Fsp3) is 0.615. The monoisotopic (exact) mass is 317 g/mol. The van der Waals surface area contributed by atoms with Crippen LogP contribution in [0.15, 0.2) is 17.2 Å². The zero-order chi connectivity index (χ0) is 16.2. The van der Waals surface area contributed by atoms with Crippen molar-refractivity contribution in [3.63, 3.8) is 0 Å². The molecule has 0 bridgehead atoms. The molecule has 0 aliphatic carbocycles. The molecule has 21 heavy (non-hydrogen) atoms. The van der Waals surface area contributed by atoms with Gasteiger partial charge >= 0.3 is 0 Å². The summed E-state index contributed by atoms with van der Waals surface area (Å²) in [5, 5.41) is 5.12. The van der Waals surface area contributed by atoms with Crippen molar-refractivity contribution in [2.75, 3.05) is 20.3 Å². The smallest absolute Gasteiger partial charge is 0.270 e. The lowest BCUT2D eigenvalue weighted by atomic mass is 10.2. The number of nitrogens with zero attached hydrogens (tertiary/aromatic N) is 2. The molecule has 2 N–H and O–H groups in total.